The largest absolute Gasteiger partial charge is 0.304 e. The number of anilines is 1. The number of rotatable bonds is 2. The second-order valence-electron chi connectivity index (χ2n) is 7.10. The Balaban J connectivity index is 2.03. The van der Waals surface area contributed by atoms with Gasteiger partial charge < -0.3 is 4.90 Å². The van der Waals surface area contributed by atoms with Gasteiger partial charge in [-0.2, -0.15) is 0 Å². The van der Waals surface area contributed by atoms with Gasteiger partial charge >= 0.3 is 0 Å². The first-order valence-corrected chi connectivity index (χ1v) is 8.85. The molecular formula is C20H22BrNO. The van der Waals surface area contributed by atoms with Crippen LogP contribution in [0.4, 0.5) is 5.69 Å². The second kappa shape index (κ2) is 5.79. The van der Waals surface area contributed by atoms with Crippen LogP contribution in [0.5, 0.6) is 0 Å². The Morgan fingerprint density at radius 2 is 1.91 bits per heavy atom. The molecule has 2 aromatic rings. The molecule has 0 unspecified atom stereocenters. The van der Waals surface area contributed by atoms with Crippen molar-refractivity contribution >= 4 is 27.5 Å². The molecule has 0 atom stereocenters. The quantitative estimate of drug-likeness (QED) is 0.685. The minimum Gasteiger partial charge on any atom is -0.304 e. The maximum atomic E-state index is 12.8. The van der Waals surface area contributed by atoms with Gasteiger partial charge in [0, 0.05) is 15.7 Å². The van der Waals surface area contributed by atoms with Crippen molar-refractivity contribution in [3.05, 3.63) is 63.1 Å². The van der Waals surface area contributed by atoms with Gasteiger partial charge in [0.05, 0.1) is 6.54 Å². The summed E-state index contributed by atoms with van der Waals surface area (Å²) in [6, 6.07) is 12.3. The molecule has 120 valence electrons. The average Bonchev–Trinajstić information content (AvgIpc) is 2.82. The molecule has 0 bridgehead atoms. The number of hydrogen-bond acceptors (Lipinski definition) is 1. The van der Waals surface area contributed by atoms with Crippen molar-refractivity contribution in [3.8, 4) is 0 Å². The third-order valence-corrected chi connectivity index (χ3v) is 5.26. The molecule has 3 rings (SSSR count). The van der Waals surface area contributed by atoms with E-state index in [1.165, 1.54) is 11.1 Å². The van der Waals surface area contributed by atoms with E-state index in [-0.39, 0.29) is 11.3 Å². The van der Waals surface area contributed by atoms with Crippen LogP contribution in [0.1, 0.15) is 54.7 Å². The van der Waals surface area contributed by atoms with Crippen molar-refractivity contribution < 1.29 is 4.79 Å². The van der Waals surface area contributed by atoms with Gasteiger partial charge in [0.15, 0.2) is 0 Å². The summed E-state index contributed by atoms with van der Waals surface area (Å²) in [4.78, 5) is 14.8. The molecule has 0 aromatic heterocycles. The van der Waals surface area contributed by atoms with Crippen LogP contribution in [0.3, 0.4) is 0 Å². The zero-order valence-corrected chi connectivity index (χ0v) is 15.7. The predicted octanol–water partition coefficient (Wildman–Crippen LogP) is 5.47. The highest BCUT2D eigenvalue weighted by Crippen LogP contribution is 2.35. The normalized spacial score (nSPS) is 14.3. The van der Waals surface area contributed by atoms with Crippen LogP contribution >= 0.6 is 15.9 Å². The lowest BCUT2D eigenvalue weighted by molar-refractivity contribution is 0.0996. The smallest absolute Gasteiger partial charge is 0.258 e. The molecule has 0 spiro atoms. The van der Waals surface area contributed by atoms with Crippen LogP contribution in [0.2, 0.25) is 0 Å². The van der Waals surface area contributed by atoms with Gasteiger partial charge in [-0.15, -0.1) is 0 Å². The molecule has 2 nitrogen and oxygen atoms in total. The van der Waals surface area contributed by atoms with E-state index in [1.807, 2.05) is 29.2 Å². The monoisotopic (exact) mass is 371 g/mol. The zero-order valence-electron chi connectivity index (χ0n) is 14.1. The van der Waals surface area contributed by atoms with Gasteiger partial charge in [-0.25, -0.2) is 0 Å². The number of fused-ring (bicyclic) bond motifs is 1. The topological polar surface area (TPSA) is 20.3 Å². The minimum absolute atomic E-state index is 0.0931. The Labute approximate surface area is 146 Å². The van der Waals surface area contributed by atoms with Crippen LogP contribution in [-0.4, -0.2) is 5.91 Å². The molecule has 2 aromatic carbocycles. The Bertz CT molecular complexity index is 774. The van der Waals surface area contributed by atoms with E-state index >= 15 is 0 Å². The summed E-state index contributed by atoms with van der Waals surface area (Å²) in [5, 5.41) is 0. The fourth-order valence-corrected chi connectivity index (χ4v) is 3.77. The van der Waals surface area contributed by atoms with E-state index in [9.17, 15) is 4.79 Å². The summed E-state index contributed by atoms with van der Waals surface area (Å²) < 4.78 is 1.07. The molecule has 3 heteroatoms. The Morgan fingerprint density at radius 3 is 2.57 bits per heavy atom. The first-order valence-electron chi connectivity index (χ1n) is 8.05. The summed E-state index contributed by atoms with van der Waals surface area (Å²) in [5.41, 5.74) is 5.53. The fourth-order valence-electron chi connectivity index (χ4n) is 3.13. The third kappa shape index (κ3) is 2.83. The highest BCUT2D eigenvalue weighted by molar-refractivity contribution is 9.10. The molecular weight excluding hydrogens is 350 g/mol. The second-order valence-corrected chi connectivity index (χ2v) is 7.96. The Hall–Kier alpha value is -1.61. The van der Waals surface area contributed by atoms with Gasteiger partial charge in [-0.1, -0.05) is 61.8 Å². The van der Waals surface area contributed by atoms with Crippen LogP contribution in [-0.2, 0) is 18.4 Å². The molecule has 1 heterocycles. The molecule has 1 aliphatic heterocycles. The van der Waals surface area contributed by atoms with Crippen molar-refractivity contribution in [1.29, 1.82) is 0 Å². The minimum atomic E-state index is 0.0931. The van der Waals surface area contributed by atoms with Gasteiger partial charge in [-0.05, 0) is 46.7 Å². The molecule has 0 saturated carbocycles. The van der Waals surface area contributed by atoms with Crippen molar-refractivity contribution in [2.75, 3.05) is 4.90 Å². The average molecular weight is 372 g/mol. The molecule has 0 N–H and O–H groups in total. The Kier molecular flexibility index (Phi) is 4.09. The fraction of sp³-hybridized carbons (Fsp3) is 0.350. The number of halogens is 1. The lowest BCUT2D eigenvalue weighted by Gasteiger charge is -2.20. The summed E-state index contributed by atoms with van der Waals surface area (Å²) >= 11 is 3.61. The van der Waals surface area contributed by atoms with Crippen molar-refractivity contribution in [3.63, 3.8) is 0 Å². The summed E-state index contributed by atoms with van der Waals surface area (Å²) in [7, 11) is 0. The maximum absolute atomic E-state index is 12.8. The van der Waals surface area contributed by atoms with Crippen LogP contribution in [0, 0.1) is 0 Å². The zero-order chi connectivity index (χ0) is 16.8. The third-order valence-electron chi connectivity index (χ3n) is 4.51. The first-order chi connectivity index (χ1) is 10.8. The van der Waals surface area contributed by atoms with E-state index in [0.717, 1.165) is 27.7 Å². The van der Waals surface area contributed by atoms with Crippen LogP contribution < -0.4 is 4.90 Å². The molecule has 0 saturated heterocycles. The van der Waals surface area contributed by atoms with Gasteiger partial charge in [0.1, 0.15) is 0 Å². The van der Waals surface area contributed by atoms with Crippen LogP contribution in [0.15, 0.2) is 40.9 Å². The number of amides is 1. The number of carbonyl (C=O) groups excluding carboxylic acids is 1. The maximum Gasteiger partial charge on any atom is 0.258 e. The summed E-state index contributed by atoms with van der Waals surface area (Å²) in [6.45, 7) is 9.38. The number of benzene rings is 2. The van der Waals surface area contributed by atoms with E-state index < -0.39 is 0 Å². The molecule has 1 amide bonds. The van der Waals surface area contributed by atoms with Crippen molar-refractivity contribution in [1.82, 2.24) is 0 Å². The Morgan fingerprint density at radius 1 is 1.17 bits per heavy atom. The lowest BCUT2D eigenvalue weighted by Crippen LogP contribution is -2.24. The van der Waals surface area contributed by atoms with Gasteiger partial charge in [0.2, 0.25) is 0 Å². The van der Waals surface area contributed by atoms with Crippen molar-refractivity contribution in [2.24, 2.45) is 0 Å². The first kappa shape index (κ1) is 16.3. The molecule has 0 fully saturated rings. The highest BCUT2D eigenvalue weighted by atomic mass is 79.9. The van der Waals surface area contributed by atoms with Gasteiger partial charge in [0.25, 0.3) is 5.91 Å². The standard InChI is InChI=1S/C20H22BrNO/c1-5-15-17(21)7-6-8-18(15)22-12-13-11-14(20(2,3)4)9-10-16(13)19(22)23/h6-11H,5,12H2,1-4H3. The van der Waals surface area contributed by atoms with Crippen molar-refractivity contribution in [2.45, 2.75) is 46.1 Å². The van der Waals surface area contributed by atoms with E-state index in [2.05, 4.69) is 55.8 Å². The molecule has 1 aliphatic rings. The van der Waals surface area contributed by atoms with E-state index in [4.69, 9.17) is 0 Å². The van der Waals surface area contributed by atoms with Gasteiger partial charge in [-0.3, -0.25) is 4.79 Å². The number of nitrogens with zero attached hydrogens (tertiary/aromatic N) is 1. The summed E-state index contributed by atoms with van der Waals surface area (Å²) in [5.74, 6) is 0.105. The van der Waals surface area contributed by atoms with Crippen LogP contribution in [0.25, 0.3) is 0 Å². The number of carbonyl (C=O) groups is 1. The highest BCUT2D eigenvalue weighted by Gasteiger charge is 2.31. The van der Waals surface area contributed by atoms with E-state index in [1.54, 1.807) is 0 Å². The predicted molar refractivity (Wildman–Crippen MR) is 99.2 cm³/mol. The SMILES string of the molecule is CCc1c(Br)cccc1N1Cc2cc(C(C)(C)C)ccc2C1=O. The lowest BCUT2D eigenvalue weighted by atomic mass is 9.85. The molecule has 23 heavy (non-hydrogen) atoms. The number of hydrogen-bond donors (Lipinski definition) is 0. The summed E-state index contributed by atoms with van der Waals surface area (Å²) in [6.07, 6.45) is 0.893. The molecule has 0 aliphatic carbocycles. The molecule has 0 radical (unpaired) electrons. The van der Waals surface area contributed by atoms with E-state index in [0.29, 0.717) is 6.54 Å².